The maximum Gasteiger partial charge on any atom is 0.127 e. The molecule has 0 amide bonds. The first-order valence-corrected chi connectivity index (χ1v) is 5.07. The van der Waals surface area contributed by atoms with Crippen LogP contribution in [0, 0.1) is 0 Å². The second-order valence-corrected chi connectivity index (χ2v) is 3.39. The van der Waals surface area contributed by atoms with Crippen molar-refractivity contribution in [1.29, 1.82) is 0 Å². The zero-order chi connectivity index (χ0) is 11.2. The van der Waals surface area contributed by atoms with Crippen LogP contribution in [0.1, 0.15) is 5.56 Å². The van der Waals surface area contributed by atoms with Crippen LogP contribution in [0.4, 0.5) is 0 Å². The highest BCUT2D eigenvalue weighted by Gasteiger charge is 1.96. The minimum Gasteiger partial charge on any atom is -0.457 e. The topological polar surface area (TPSA) is 41.5 Å². The lowest BCUT2D eigenvalue weighted by atomic mass is 10.2. The van der Waals surface area contributed by atoms with E-state index in [2.05, 4.69) is 5.48 Å². The van der Waals surface area contributed by atoms with Gasteiger partial charge < -0.3 is 9.94 Å². The number of hydrogen-bond acceptors (Lipinski definition) is 3. The van der Waals surface area contributed by atoms with E-state index in [4.69, 9.17) is 9.94 Å². The molecule has 3 heteroatoms. The molecule has 0 saturated carbocycles. The maximum atomic E-state index is 8.54. The minimum absolute atomic E-state index is 0.436. The lowest BCUT2D eigenvalue weighted by Crippen LogP contribution is -2.05. The van der Waals surface area contributed by atoms with E-state index < -0.39 is 0 Å². The highest BCUT2D eigenvalue weighted by molar-refractivity contribution is 5.32. The summed E-state index contributed by atoms with van der Waals surface area (Å²) < 4.78 is 5.63. The zero-order valence-electron chi connectivity index (χ0n) is 8.76. The Bertz CT molecular complexity index is 425. The van der Waals surface area contributed by atoms with E-state index in [-0.39, 0.29) is 0 Å². The van der Waals surface area contributed by atoms with Crippen LogP contribution in [-0.2, 0) is 6.54 Å². The summed E-state index contributed by atoms with van der Waals surface area (Å²) in [6.07, 6.45) is 0. The van der Waals surface area contributed by atoms with Gasteiger partial charge in [-0.3, -0.25) is 0 Å². The summed E-state index contributed by atoms with van der Waals surface area (Å²) in [6, 6.07) is 17.2. The van der Waals surface area contributed by atoms with E-state index in [9.17, 15) is 0 Å². The third kappa shape index (κ3) is 2.82. The molecule has 0 aliphatic rings. The van der Waals surface area contributed by atoms with E-state index in [1.165, 1.54) is 0 Å². The molecule has 3 nitrogen and oxygen atoms in total. The summed E-state index contributed by atoms with van der Waals surface area (Å²) in [4.78, 5) is 0. The predicted molar refractivity (Wildman–Crippen MR) is 61.6 cm³/mol. The van der Waals surface area contributed by atoms with Gasteiger partial charge in [0.15, 0.2) is 0 Å². The third-order valence-electron chi connectivity index (χ3n) is 2.19. The molecule has 0 fully saturated rings. The molecule has 0 radical (unpaired) electrons. The Hall–Kier alpha value is -1.84. The van der Waals surface area contributed by atoms with Crippen LogP contribution in [0.15, 0.2) is 54.6 Å². The SMILES string of the molecule is ONCc1ccc(Oc2ccccc2)cc1. The van der Waals surface area contributed by atoms with Gasteiger partial charge in [-0.25, -0.2) is 5.48 Å². The number of hydroxylamine groups is 1. The second kappa shape index (κ2) is 5.30. The molecule has 16 heavy (non-hydrogen) atoms. The molecule has 0 saturated heterocycles. The van der Waals surface area contributed by atoms with E-state index in [0.29, 0.717) is 6.54 Å². The lowest BCUT2D eigenvalue weighted by molar-refractivity contribution is 0.161. The normalized spacial score (nSPS) is 10.1. The monoisotopic (exact) mass is 215 g/mol. The number of rotatable bonds is 4. The summed E-state index contributed by atoms with van der Waals surface area (Å²) in [7, 11) is 0. The van der Waals surface area contributed by atoms with Gasteiger partial charge in [0.1, 0.15) is 11.5 Å². The molecule has 0 atom stereocenters. The zero-order valence-corrected chi connectivity index (χ0v) is 8.76. The van der Waals surface area contributed by atoms with Crippen molar-refractivity contribution in [3.63, 3.8) is 0 Å². The predicted octanol–water partition coefficient (Wildman–Crippen LogP) is 2.96. The fourth-order valence-corrected chi connectivity index (χ4v) is 1.39. The molecule has 2 aromatic carbocycles. The lowest BCUT2D eigenvalue weighted by Gasteiger charge is -2.06. The number of ether oxygens (including phenoxy) is 1. The van der Waals surface area contributed by atoms with Gasteiger partial charge in [-0.05, 0) is 29.8 Å². The van der Waals surface area contributed by atoms with Crippen LogP contribution in [0.2, 0.25) is 0 Å². The Labute approximate surface area is 94.3 Å². The molecular formula is C13H13NO2. The summed E-state index contributed by atoms with van der Waals surface area (Å²) >= 11 is 0. The molecule has 2 rings (SSSR count). The van der Waals surface area contributed by atoms with Gasteiger partial charge in [0.05, 0.1) is 0 Å². The van der Waals surface area contributed by atoms with E-state index >= 15 is 0 Å². The van der Waals surface area contributed by atoms with E-state index in [1.807, 2.05) is 54.6 Å². The quantitative estimate of drug-likeness (QED) is 0.770. The Balaban J connectivity index is 2.05. The highest BCUT2D eigenvalue weighted by Crippen LogP contribution is 2.20. The van der Waals surface area contributed by atoms with Crippen molar-refractivity contribution in [2.75, 3.05) is 0 Å². The maximum absolute atomic E-state index is 8.54. The second-order valence-electron chi connectivity index (χ2n) is 3.39. The van der Waals surface area contributed by atoms with Crippen molar-refractivity contribution in [3.05, 3.63) is 60.2 Å². The molecule has 2 N–H and O–H groups in total. The fraction of sp³-hybridized carbons (Fsp3) is 0.0769. The van der Waals surface area contributed by atoms with Crippen LogP contribution in [-0.4, -0.2) is 5.21 Å². The molecule has 0 aliphatic heterocycles. The van der Waals surface area contributed by atoms with Crippen molar-refractivity contribution in [2.24, 2.45) is 0 Å². The van der Waals surface area contributed by atoms with Gasteiger partial charge in [0.25, 0.3) is 0 Å². The molecular weight excluding hydrogens is 202 g/mol. The number of para-hydroxylation sites is 1. The third-order valence-corrected chi connectivity index (χ3v) is 2.19. The standard InChI is InChI=1S/C13H13NO2/c15-14-10-11-6-8-13(9-7-11)16-12-4-2-1-3-5-12/h1-9,14-15H,10H2. The summed E-state index contributed by atoms with van der Waals surface area (Å²) in [6.45, 7) is 0.436. The van der Waals surface area contributed by atoms with Crippen molar-refractivity contribution < 1.29 is 9.94 Å². The molecule has 0 spiro atoms. The minimum atomic E-state index is 0.436. The van der Waals surface area contributed by atoms with Crippen molar-refractivity contribution in [3.8, 4) is 11.5 Å². The molecule has 0 bridgehead atoms. The van der Waals surface area contributed by atoms with Gasteiger partial charge in [0, 0.05) is 6.54 Å². The number of nitrogens with one attached hydrogen (secondary N) is 1. The van der Waals surface area contributed by atoms with Gasteiger partial charge in [-0.1, -0.05) is 30.3 Å². The Morgan fingerprint density at radius 2 is 1.50 bits per heavy atom. The van der Waals surface area contributed by atoms with Crippen molar-refractivity contribution in [2.45, 2.75) is 6.54 Å². The fourth-order valence-electron chi connectivity index (χ4n) is 1.39. The van der Waals surface area contributed by atoms with Crippen LogP contribution < -0.4 is 10.2 Å². The first-order valence-electron chi connectivity index (χ1n) is 5.07. The molecule has 0 unspecified atom stereocenters. The van der Waals surface area contributed by atoms with Gasteiger partial charge in [-0.2, -0.15) is 0 Å². The Morgan fingerprint density at radius 1 is 0.875 bits per heavy atom. The van der Waals surface area contributed by atoms with Crippen LogP contribution >= 0.6 is 0 Å². The smallest absolute Gasteiger partial charge is 0.127 e. The number of hydrogen-bond donors (Lipinski definition) is 2. The number of benzene rings is 2. The van der Waals surface area contributed by atoms with Crippen LogP contribution in [0.25, 0.3) is 0 Å². The first-order chi connectivity index (χ1) is 7.88. The molecule has 82 valence electrons. The Kier molecular flexibility index (Phi) is 3.53. The van der Waals surface area contributed by atoms with E-state index in [1.54, 1.807) is 0 Å². The average Bonchev–Trinajstić information content (AvgIpc) is 2.33. The summed E-state index contributed by atoms with van der Waals surface area (Å²) in [5.74, 6) is 1.60. The van der Waals surface area contributed by atoms with Crippen molar-refractivity contribution in [1.82, 2.24) is 5.48 Å². The molecule has 0 aromatic heterocycles. The molecule has 0 heterocycles. The highest BCUT2D eigenvalue weighted by atomic mass is 16.5. The van der Waals surface area contributed by atoms with Gasteiger partial charge in [-0.15, -0.1) is 0 Å². The summed E-state index contributed by atoms with van der Waals surface area (Å²) in [5, 5.41) is 8.54. The summed E-state index contributed by atoms with van der Waals surface area (Å²) in [5.41, 5.74) is 3.12. The first kappa shape index (κ1) is 10.7. The van der Waals surface area contributed by atoms with Crippen molar-refractivity contribution >= 4 is 0 Å². The van der Waals surface area contributed by atoms with Gasteiger partial charge in [0.2, 0.25) is 0 Å². The average molecular weight is 215 g/mol. The Morgan fingerprint density at radius 3 is 2.12 bits per heavy atom. The molecule has 2 aromatic rings. The largest absolute Gasteiger partial charge is 0.457 e. The van der Waals surface area contributed by atoms with Gasteiger partial charge >= 0.3 is 0 Å². The molecule has 0 aliphatic carbocycles. The van der Waals surface area contributed by atoms with Crippen LogP contribution in [0.5, 0.6) is 11.5 Å². The van der Waals surface area contributed by atoms with E-state index in [0.717, 1.165) is 17.1 Å². The van der Waals surface area contributed by atoms with Crippen LogP contribution in [0.3, 0.4) is 0 Å².